The highest BCUT2D eigenvalue weighted by Gasteiger charge is 2.47. The first-order valence-electron chi connectivity index (χ1n) is 7.03. The molecule has 2 rings (SSSR count). The summed E-state index contributed by atoms with van der Waals surface area (Å²) in [7, 11) is -3.63. The summed E-state index contributed by atoms with van der Waals surface area (Å²) in [6.07, 6.45) is 0.796. The zero-order valence-corrected chi connectivity index (χ0v) is 13.4. The molecule has 1 aromatic rings. The molecule has 0 amide bonds. The minimum Gasteiger partial charge on any atom is -0.481 e. The van der Waals surface area contributed by atoms with Crippen molar-refractivity contribution >= 4 is 16.0 Å². The molecule has 0 aromatic heterocycles. The van der Waals surface area contributed by atoms with E-state index in [0.717, 1.165) is 11.1 Å². The van der Waals surface area contributed by atoms with E-state index >= 15 is 0 Å². The van der Waals surface area contributed by atoms with Gasteiger partial charge in [0.2, 0.25) is 10.0 Å². The predicted molar refractivity (Wildman–Crippen MR) is 79.7 cm³/mol. The van der Waals surface area contributed by atoms with Crippen LogP contribution < -0.4 is 0 Å². The van der Waals surface area contributed by atoms with Crippen LogP contribution in [0.4, 0.5) is 0 Å². The van der Waals surface area contributed by atoms with Crippen LogP contribution in [0.5, 0.6) is 0 Å². The van der Waals surface area contributed by atoms with E-state index in [1.54, 1.807) is 19.1 Å². The highest BCUT2D eigenvalue weighted by atomic mass is 32.2. The molecular formula is C15H21NO4S. The molecule has 0 saturated carbocycles. The van der Waals surface area contributed by atoms with Crippen molar-refractivity contribution in [3.63, 3.8) is 0 Å². The molecule has 116 valence electrons. The number of benzene rings is 1. The van der Waals surface area contributed by atoms with E-state index in [0.29, 0.717) is 12.8 Å². The lowest BCUT2D eigenvalue weighted by Gasteiger charge is -2.23. The summed E-state index contributed by atoms with van der Waals surface area (Å²) in [4.78, 5) is 11.7. The fourth-order valence-corrected chi connectivity index (χ4v) is 4.60. The number of aliphatic carboxylic acids is 1. The van der Waals surface area contributed by atoms with Crippen LogP contribution in [-0.4, -0.2) is 36.9 Å². The Balaban J connectivity index is 2.36. The standard InChI is InChI=1S/C15H21NO4S/c1-4-15(14(17)18)5-6-16(10-15)21(19,20)13-8-11(2)7-12(3)9-13/h7-9H,4-6,10H2,1-3H3,(H,17,18). The maximum absolute atomic E-state index is 12.7. The summed E-state index contributed by atoms with van der Waals surface area (Å²) in [5.74, 6) is -0.914. The first-order valence-corrected chi connectivity index (χ1v) is 8.47. The third kappa shape index (κ3) is 2.82. The van der Waals surface area contributed by atoms with Gasteiger partial charge in [-0.05, 0) is 49.9 Å². The van der Waals surface area contributed by atoms with Crippen molar-refractivity contribution in [1.29, 1.82) is 0 Å². The number of nitrogens with zero attached hydrogens (tertiary/aromatic N) is 1. The lowest BCUT2D eigenvalue weighted by atomic mass is 9.85. The third-order valence-electron chi connectivity index (χ3n) is 4.28. The average molecular weight is 311 g/mol. The Hall–Kier alpha value is -1.40. The van der Waals surface area contributed by atoms with Gasteiger partial charge in [0.25, 0.3) is 0 Å². The fraction of sp³-hybridized carbons (Fsp3) is 0.533. The Morgan fingerprint density at radius 1 is 1.29 bits per heavy atom. The van der Waals surface area contributed by atoms with E-state index < -0.39 is 21.4 Å². The molecule has 1 N–H and O–H groups in total. The van der Waals surface area contributed by atoms with Gasteiger partial charge < -0.3 is 5.11 Å². The Morgan fingerprint density at radius 2 is 1.86 bits per heavy atom. The summed E-state index contributed by atoms with van der Waals surface area (Å²) in [5.41, 5.74) is 0.812. The molecule has 0 spiro atoms. The van der Waals surface area contributed by atoms with Crippen LogP contribution in [0.2, 0.25) is 0 Å². The van der Waals surface area contributed by atoms with Crippen LogP contribution in [0, 0.1) is 19.3 Å². The lowest BCUT2D eigenvalue weighted by Crippen LogP contribution is -2.36. The molecule has 1 atom stereocenters. The van der Waals surface area contributed by atoms with Gasteiger partial charge in [-0.25, -0.2) is 8.42 Å². The molecule has 0 bridgehead atoms. The molecule has 6 heteroatoms. The largest absolute Gasteiger partial charge is 0.481 e. The number of carbonyl (C=O) groups is 1. The second-order valence-electron chi connectivity index (χ2n) is 5.85. The molecule has 21 heavy (non-hydrogen) atoms. The molecular weight excluding hydrogens is 290 g/mol. The number of aryl methyl sites for hydroxylation is 2. The number of hydrogen-bond donors (Lipinski definition) is 1. The van der Waals surface area contributed by atoms with E-state index in [-0.39, 0.29) is 18.0 Å². The topological polar surface area (TPSA) is 74.7 Å². The van der Waals surface area contributed by atoms with E-state index in [9.17, 15) is 18.3 Å². The molecule has 0 aliphatic carbocycles. The first kappa shape index (κ1) is 16.0. The van der Waals surface area contributed by atoms with Gasteiger partial charge in [-0.15, -0.1) is 0 Å². The lowest BCUT2D eigenvalue weighted by molar-refractivity contribution is -0.148. The van der Waals surface area contributed by atoms with Crippen LogP contribution >= 0.6 is 0 Å². The first-order chi connectivity index (χ1) is 9.71. The summed E-state index contributed by atoms with van der Waals surface area (Å²) < 4.78 is 26.7. The zero-order valence-electron chi connectivity index (χ0n) is 12.6. The Morgan fingerprint density at radius 3 is 2.29 bits per heavy atom. The Kier molecular flexibility index (Phi) is 4.13. The average Bonchev–Trinajstić information content (AvgIpc) is 2.84. The number of hydrogen-bond acceptors (Lipinski definition) is 3. The van der Waals surface area contributed by atoms with Crippen molar-refractivity contribution in [3.05, 3.63) is 29.3 Å². The predicted octanol–water partition coefficient (Wildman–Crippen LogP) is 2.18. The summed E-state index contributed by atoms with van der Waals surface area (Å²) in [6, 6.07) is 5.18. The summed E-state index contributed by atoms with van der Waals surface area (Å²) >= 11 is 0. The summed E-state index contributed by atoms with van der Waals surface area (Å²) in [6.45, 7) is 5.80. The number of carboxylic acid groups (broad SMARTS) is 1. The van der Waals surface area contributed by atoms with Crippen molar-refractivity contribution < 1.29 is 18.3 Å². The Bertz CT molecular complexity index is 648. The zero-order chi connectivity index (χ0) is 15.8. The maximum Gasteiger partial charge on any atom is 0.311 e. The van der Waals surface area contributed by atoms with Crippen LogP contribution in [-0.2, 0) is 14.8 Å². The SMILES string of the molecule is CCC1(C(=O)O)CCN(S(=O)(=O)c2cc(C)cc(C)c2)C1. The molecule has 1 aliphatic heterocycles. The smallest absolute Gasteiger partial charge is 0.311 e. The van der Waals surface area contributed by atoms with Gasteiger partial charge in [0.1, 0.15) is 0 Å². The maximum atomic E-state index is 12.7. The van der Waals surface area contributed by atoms with Crippen molar-refractivity contribution in [2.75, 3.05) is 13.1 Å². The fourth-order valence-electron chi connectivity index (χ4n) is 2.88. The number of carboxylic acids is 1. The van der Waals surface area contributed by atoms with Crippen LogP contribution in [0.25, 0.3) is 0 Å². The highest BCUT2D eigenvalue weighted by Crippen LogP contribution is 2.37. The van der Waals surface area contributed by atoms with Crippen LogP contribution in [0.15, 0.2) is 23.1 Å². The molecule has 1 unspecified atom stereocenters. The number of rotatable bonds is 4. The second-order valence-corrected chi connectivity index (χ2v) is 7.79. The van der Waals surface area contributed by atoms with Crippen LogP contribution in [0.1, 0.15) is 30.9 Å². The molecule has 1 fully saturated rings. The minimum atomic E-state index is -3.63. The number of sulfonamides is 1. The van der Waals surface area contributed by atoms with Crippen LogP contribution in [0.3, 0.4) is 0 Å². The van der Waals surface area contributed by atoms with Crippen molar-refractivity contribution in [2.45, 2.75) is 38.5 Å². The highest BCUT2D eigenvalue weighted by molar-refractivity contribution is 7.89. The van der Waals surface area contributed by atoms with E-state index in [4.69, 9.17) is 0 Å². The minimum absolute atomic E-state index is 0.0498. The normalized spacial score (nSPS) is 23.4. The molecule has 1 heterocycles. The third-order valence-corrected chi connectivity index (χ3v) is 6.11. The van der Waals surface area contributed by atoms with Crippen molar-refractivity contribution in [3.8, 4) is 0 Å². The molecule has 1 saturated heterocycles. The van der Waals surface area contributed by atoms with Crippen molar-refractivity contribution in [1.82, 2.24) is 4.31 Å². The van der Waals surface area contributed by atoms with E-state index in [1.807, 2.05) is 19.9 Å². The van der Waals surface area contributed by atoms with E-state index in [2.05, 4.69) is 0 Å². The monoisotopic (exact) mass is 311 g/mol. The van der Waals surface area contributed by atoms with Crippen molar-refractivity contribution in [2.24, 2.45) is 5.41 Å². The quantitative estimate of drug-likeness (QED) is 0.925. The van der Waals surface area contributed by atoms with Gasteiger partial charge in [0.05, 0.1) is 10.3 Å². The van der Waals surface area contributed by atoms with Gasteiger partial charge in [0.15, 0.2) is 0 Å². The molecule has 0 radical (unpaired) electrons. The van der Waals surface area contributed by atoms with Gasteiger partial charge in [0, 0.05) is 13.1 Å². The molecule has 5 nitrogen and oxygen atoms in total. The van der Waals surface area contributed by atoms with Gasteiger partial charge in [-0.1, -0.05) is 13.0 Å². The second kappa shape index (κ2) is 5.42. The van der Waals surface area contributed by atoms with E-state index in [1.165, 1.54) is 4.31 Å². The molecule has 1 aliphatic rings. The Labute approximate surface area is 125 Å². The van der Waals surface area contributed by atoms with Gasteiger partial charge in [-0.2, -0.15) is 4.31 Å². The molecule has 1 aromatic carbocycles. The van der Waals surface area contributed by atoms with Gasteiger partial charge >= 0.3 is 5.97 Å². The summed E-state index contributed by atoms with van der Waals surface area (Å²) in [5, 5.41) is 9.38. The van der Waals surface area contributed by atoms with Gasteiger partial charge in [-0.3, -0.25) is 4.79 Å².